The Morgan fingerprint density at radius 2 is 1.69 bits per heavy atom. The van der Waals surface area contributed by atoms with Gasteiger partial charge in [0.1, 0.15) is 10.7 Å². The summed E-state index contributed by atoms with van der Waals surface area (Å²) >= 11 is 6.04. The second-order valence-electron chi connectivity index (χ2n) is 6.84. The van der Waals surface area contributed by atoms with Gasteiger partial charge in [-0.2, -0.15) is 4.31 Å². The molecule has 2 aromatic carbocycles. The number of rotatable bonds is 7. The fourth-order valence-corrected chi connectivity index (χ4v) is 5.09. The third-order valence-corrected chi connectivity index (χ3v) is 7.20. The fraction of sp³-hybridized carbons (Fsp3) is 0.350. The van der Waals surface area contributed by atoms with Gasteiger partial charge in [0, 0.05) is 32.7 Å². The van der Waals surface area contributed by atoms with E-state index in [1.807, 2.05) is 4.90 Å². The molecule has 0 spiro atoms. The van der Waals surface area contributed by atoms with E-state index in [4.69, 9.17) is 11.6 Å². The van der Waals surface area contributed by atoms with Crippen molar-refractivity contribution in [3.63, 3.8) is 0 Å². The largest absolute Gasteiger partial charge is 0.355 e. The normalized spacial score (nSPS) is 15.9. The zero-order valence-corrected chi connectivity index (χ0v) is 17.4. The third-order valence-electron chi connectivity index (χ3n) is 4.80. The molecule has 3 rings (SSSR count). The average molecular weight is 440 g/mol. The van der Waals surface area contributed by atoms with Crippen molar-refractivity contribution in [1.82, 2.24) is 14.5 Å². The minimum Gasteiger partial charge on any atom is -0.355 e. The van der Waals surface area contributed by atoms with E-state index in [2.05, 4.69) is 5.32 Å². The number of halogens is 2. The predicted octanol–water partition coefficient (Wildman–Crippen LogP) is 2.14. The smallest absolute Gasteiger partial charge is 0.244 e. The van der Waals surface area contributed by atoms with Crippen LogP contribution in [0.3, 0.4) is 0 Å². The lowest BCUT2D eigenvalue weighted by atomic mass is 10.1. The van der Waals surface area contributed by atoms with Crippen molar-refractivity contribution in [1.29, 1.82) is 0 Å². The van der Waals surface area contributed by atoms with Gasteiger partial charge in [0.05, 0.1) is 11.6 Å². The van der Waals surface area contributed by atoms with Crippen LogP contribution in [0.25, 0.3) is 0 Å². The second kappa shape index (κ2) is 9.67. The molecule has 1 aliphatic rings. The summed E-state index contributed by atoms with van der Waals surface area (Å²) < 4.78 is 39.8. The van der Waals surface area contributed by atoms with E-state index < -0.39 is 10.0 Å². The summed E-state index contributed by atoms with van der Waals surface area (Å²) in [6.07, 6.45) is 0.621. The van der Waals surface area contributed by atoms with Crippen LogP contribution in [0.1, 0.15) is 5.56 Å². The number of nitrogens with one attached hydrogen (secondary N) is 1. The molecular formula is C20H23ClFN3O3S. The molecule has 1 N–H and O–H groups in total. The van der Waals surface area contributed by atoms with Gasteiger partial charge >= 0.3 is 0 Å². The Labute approximate surface area is 175 Å². The highest BCUT2D eigenvalue weighted by molar-refractivity contribution is 7.89. The lowest BCUT2D eigenvalue weighted by Gasteiger charge is -2.33. The Bertz CT molecular complexity index is 946. The topological polar surface area (TPSA) is 69.7 Å². The van der Waals surface area contributed by atoms with Crippen molar-refractivity contribution in [3.8, 4) is 0 Å². The molecule has 29 heavy (non-hydrogen) atoms. The number of carbonyl (C=O) groups is 1. The van der Waals surface area contributed by atoms with Crippen molar-refractivity contribution in [2.75, 3.05) is 39.3 Å². The molecule has 1 amide bonds. The molecule has 2 aromatic rings. The van der Waals surface area contributed by atoms with Crippen LogP contribution in [0.15, 0.2) is 53.4 Å². The van der Waals surface area contributed by atoms with E-state index in [-0.39, 0.29) is 28.2 Å². The van der Waals surface area contributed by atoms with Crippen LogP contribution < -0.4 is 5.32 Å². The number of amides is 1. The van der Waals surface area contributed by atoms with Crippen LogP contribution in [0, 0.1) is 5.82 Å². The monoisotopic (exact) mass is 439 g/mol. The third kappa shape index (κ3) is 5.76. The predicted molar refractivity (Wildman–Crippen MR) is 110 cm³/mol. The zero-order chi connectivity index (χ0) is 20.9. The second-order valence-corrected chi connectivity index (χ2v) is 9.15. The number of benzene rings is 2. The minimum absolute atomic E-state index is 0.105. The van der Waals surface area contributed by atoms with Gasteiger partial charge in [-0.25, -0.2) is 12.8 Å². The Hall–Kier alpha value is -2.00. The standard InChI is InChI=1S/C20H23ClFN3O3S/c21-18-3-1-2-4-19(18)29(27,28)25-13-11-24(12-14-25)15-20(26)23-10-9-16-5-7-17(22)8-6-16/h1-8H,9-15H2,(H,23,26). The van der Waals surface area contributed by atoms with E-state index in [9.17, 15) is 17.6 Å². The first kappa shape index (κ1) is 21.7. The first-order valence-corrected chi connectivity index (χ1v) is 11.2. The summed E-state index contributed by atoms with van der Waals surface area (Å²) in [6.45, 7) is 2.21. The zero-order valence-electron chi connectivity index (χ0n) is 15.9. The maximum absolute atomic E-state index is 12.9. The summed E-state index contributed by atoms with van der Waals surface area (Å²) in [5.74, 6) is -0.400. The highest BCUT2D eigenvalue weighted by Crippen LogP contribution is 2.24. The molecule has 0 aliphatic carbocycles. The summed E-state index contributed by atoms with van der Waals surface area (Å²) in [5, 5.41) is 3.05. The molecule has 1 fully saturated rings. The Kier molecular flexibility index (Phi) is 7.23. The van der Waals surface area contributed by atoms with E-state index in [0.717, 1.165) is 5.56 Å². The van der Waals surface area contributed by atoms with Crippen molar-refractivity contribution < 1.29 is 17.6 Å². The molecule has 0 bridgehead atoms. The van der Waals surface area contributed by atoms with Gasteiger partial charge in [0.2, 0.25) is 15.9 Å². The van der Waals surface area contributed by atoms with Crippen molar-refractivity contribution >= 4 is 27.5 Å². The van der Waals surface area contributed by atoms with Crippen molar-refractivity contribution in [2.45, 2.75) is 11.3 Å². The first-order valence-electron chi connectivity index (χ1n) is 9.34. The summed E-state index contributed by atoms with van der Waals surface area (Å²) in [4.78, 5) is 14.2. The molecule has 1 saturated heterocycles. The lowest BCUT2D eigenvalue weighted by Crippen LogP contribution is -2.51. The molecule has 0 atom stereocenters. The number of carbonyl (C=O) groups excluding carboxylic acids is 1. The minimum atomic E-state index is -3.65. The molecule has 1 heterocycles. The van der Waals surface area contributed by atoms with Gasteiger partial charge in [-0.15, -0.1) is 0 Å². The highest BCUT2D eigenvalue weighted by Gasteiger charge is 2.30. The Balaban J connectivity index is 1.44. The van der Waals surface area contributed by atoms with Gasteiger partial charge in [0.25, 0.3) is 0 Å². The molecular weight excluding hydrogens is 417 g/mol. The molecule has 9 heteroatoms. The van der Waals surface area contributed by atoms with Gasteiger partial charge in [-0.05, 0) is 36.2 Å². The van der Waals surface area contributed by atoms with Crippen LogP contribution in [-0.4, -0.2) is 62.8 Å². The Morgan fingerprint density at radius 3 is 2.34 bits per heavy atom. The van der Waals surface area contributed by atoms with Crippen LogP contribution in [0.2, 0.25) is 5.02 Å². The first-order chi connectivity index (χ1) is 13.9. The highest BCUT2D eigenvalue weighted by atomic mass is 35.5. The van der Waals surface area contributed by atoms with Gasteiger partial charge in [-0.3, -0.25) is 9.69 Å². The molecule has 0 unspecified atom stereocenters. The molecule has 1 aliphatic heterocycles. The molecule has 0 saturated carbocycles. The van der Waals surface area contributed by atoms with Crippen LogP contribution in [-0.2, 0) is 21.2 Å². The van der Waals surface area contributed by atoms with Crippen LogP contribution >= 0.6 is 11.6 Å². The van der Waals surface area contributed by atoms with Crippen molar-refractivity contribution in [2.24, 2.45) is 0 Å². The number of piperazine rings is 1. The van der Waals surface area contributed by atoms with Gasteiger partial charge in [-0.1, -0.05) is 35.9 Å². The number of hydrogen-bond acceptors (Lipinski definition) is 4. The summed E-state index contributed by atoms with van der Waals surface area (Å²) in [7, 11) is -3.65. The maximum atomic E-state index is 12.9. The maximum Gasteiger partial charge on any atom is 0.244 e. The van der Waals surface area contributed by atoms with E-state index in [1.54, 1.807) is 30.3 Å². The van der Waals surface area contributed by atoms with Gasteiger partial charge in [0.15, 0.2) is 0 Å². The van der Waals surface area contributed by atoms with Crippen molar-refractivity contribution in [3.05, 3.63) is 64.9 Å². The lowest BCUT2D eigenvalue weighted by molar-refractivity contribution is -0.122. The fourth-order valence-electron chi connectivity index (χ4n) is 3.18. The van der Waals surface area contributed by atoms with Crippen LogP contribution in [0.4, 0.5) is 4.39 Å². The van der Waals surface area contributed by atoms with E-state index in [1.165, 1.54) is 22.5 Å². The summed E-state index contributed by atoms with van der Waals surface area (Å²) in [5.41, 5.74) is 0.949. The number of sulfonamides is 1. The van der Waals surface area contributed by atoms with Gasteiger partial charge < -0.3 is 5.32 Å². The molecule has 156 valence electrons. The molecule has 0 radical (unpaired) electrons. The quantitative estimate of drug-likeness (QED) is 0.717. The number of hydrogen-bond donors (Lipinski definition) is 1. The van der Waals surface area contributed by atoms with Crippen LogP contribution in [0.5, 0.6) is 0 Å². The van der Waals surface area contributed by atoms with E-state index in [0.29, 0.717) is 39.1 Å². The summed E-state index contributed by atoms with van der Waals surface area (Å²) in [6, 6.07) is 12.6. The Morgan fingerprint density at radius 1 is 1.03 bits per heavy atom. The molecule has 6 nitrogen and oxygen atoms in total. The molecule has 0 aromatic heterocycles. The SMILES string of the molecule is O=C(CN1CCN(S(=O)(=O)c2ccccc2Cl)CC1)NCCc1ccc(F)cc1. The number of nitrogens with zero attached hydrogens (tertiary/aromatic N) is 2. The van der Waals surface area contributed by atoms with E-state index >= 15 is 0 Å². The average Bonchev–Trinajstić information content (AvgIpc) is 2.70.